The van der Waals surface area contributed by atoms with Gasteiger partial charge in [0, 0.05) is 43.2 Å². The van der Waals surface area contributed by atoms with Gasteiger partial charge >= 0.3 is 0 Å². The van der Waals surface area contributed by atoms with Crippen LogP contribution >= 0.6 is 0 Å². The van der Waals surface area contributed by atoms with Gasteiger partial charge in [-0.3, -0.25) is 4.79 Å². The molecule has 0 radical (unpaired) electrons. The first-order chi connectivity index (χ1) is 14.0. The summed E-state index contributed by atoms with van der Waals surface area (Å²) in [6.45, 7) is 1.90. The first kappa shape index (κ1) is 20.8. The minimum absolute atomic E-state index is 0.0274. The Kier molecular flexibility index (Phi) is 6.24. The Morgan fingerprint density at radius 3 is 2.59 bits per heavy atom. The zero-order valence-electron chi connectivity index (χ0n) is 16.7. The van der Waals surface area contributed by atoms with Crippen LogP contribution in [0.4, 0.5) is 0 Å². The number of aromatic nitrogens is 1. The highest BCUT2D eigenvalue weighted by atomic mass is 32.2. The molecule has 1 aromatic rings. The van der Waals surface area contributed by atoms with Gasteiger partial charge in [-0.25, -0.2) is 8.42 Å². The normalized spacial score (nSPS) is 27.3. The van der Waals surface area contributed by atoms with E-state index in [1.165, 1.54) is 0 Å². The zero-order chi connectivity index (χ0) is 20.4. The van der Waals surface area contributed by atoms with Gasteiger partial charge in [0.15, 0.2) is 5.69 Å². The third-order valence-corrected chi connectivity index (χ3v) is 8.18. The highest BCUT2D eigenvalue weighted by Crippen LogP contribution is 2.40. The van der Waals surface area contributed by atoms with Gasteiger partial charge in [-0.2, -0.15) is 4.31 Å². The third-order valence-electron chi connectivity index (χ3n) is 6.14. The second kappa shape index (κ2) is 8.71. The van der Waals surface area contributed by atoms with Crippen molar-refractivity contribution in [3.63, 3.8) is 0 Å². The topological polar surface area (TPSA) is 131 Å². The van der Waals surface area contributed by atoms with Crippen molar-refractivity contribution in [3.8, 4) is 0 Å². The fourth-order valence-corrected chi connectivity index (χ4v) is 6.65. The molecule has 10 heteroatoms. The summed E-state index contributed by atoms with van der Waals surface area (Å²) in [5, 5.41) is 10.1. The van der Waals surface area contributed by atoms with Crippen LogP contribution in [0.2, 0.25) is 0 Å². The molecule has 2 bridgehead atoms. The monoisotopic (exact) mass is 425 g/mol. The molecular weight excluding hydrogens is 394 g/mol. The molecule has 29 heavy (non-hydrogen) atoms. The molecule has 2 aliphatic heterocycles. The Balaban J connectivity index is 1.30. The largest absolute Gasteiger partial charge is 0.360 e. The molecule has 162 valence electrons. The van der Waals surface area contributed by atoms with Crippen LogP contribution in [0.1, 0.15) is 67.1 Å². The van der Waals surface area contributed by atoms with Gasteiger partial charge < -0.3 is 20.9 Å². The fourth-order valence-electron chi connectivity index (χ4n) is 4.63. The Hall–Kier alpha value is -1.49. The second-order valence-electron chi connectivity index (χ2n) is 8.45. The van der Waals surface area contributed by atoms with Gasteiger partial charge in [0.2, 0.25) is 10.0 Å². The molecule has 0 aromatic carbocycles. The molecular formula is C19H31N5O4S. The maximum Gasteiger partial charge on any atom is 0.273 e. The fraction of sp³-hybridized carbons (Fsp3) is 0.789. The molecule has 0 unspecified atom stereocenters. The molecule has 2 saturated heterocycles. The van der Waals surface area contributed by atoms with Crippen molar-refractivity contribution in [2.45, 2.75) is 69.0 Å². The van der Waals surface area contributed by atoms with Crippen LogP contribution in [-0.4, -0.2) is 67.3 Å². The summed E-state index contributed by atoms with van der Waals surface area (Å²) in [6, 6.07) is 1.65. The SMILES string of the molecule is NCCNCCCS(=O)(=O)N1[C@@H]2CC[C@H]1C[C@@H](NC(=O)c1cc(C3CC3)on1)C2. The van der Waals surface area contributed by atoms with Crippen LogP contribution in [0.5, 0.6) is 0 Å². The molecule has 0 spiro atoms. The maximum atomic E-state index is 12.9. The highest BCUT2D eigenvalue weighted by Gasteiger charge is 2.46. The van der Waals surface area contributed by atoms with E-state index < -0.39 is 10.0 Å². The van der Waals surface area contributed by atoms with Gasteiger partial charge in [0.05, 0.1) is 5.75 Å². The molecule has 4 rings (SSSR count). The number of sulfonamides is 1. The summed E-state index contributed by atoms with van der Waals surface area (Å²) >= 11 is 0. The molecule has 3 aliphatic rings. The molecule has 3 atom stereocenters. The second-order valence-corrected chi connectivity index (χ2v) is 10.4. The molecule has 3 fully saturated rings. The molecule has 1 saturated carbocycles. The van der Waals surface area contributed by atoms with E-state index in [1.54, 1.807) is 10.4 Å². The lowest BCUT2D eigenvalue weighted by Crippen LogP contribution is -2.53. The summed E-state index contributed by atoms with van der Waals surface area (Å²) < 4.78 is 32.7. The number of fused-ring (bicyclic) bond motifs is 2. The van der Waals surface area contributed by atoms with Gasteiger partial charge in [0.1, 0.15) is 5.76 Å². The predicted molar refractivity (Wildman–Crippen MR) is 108 cm³/mol. The maximum absolute atomic E-state index is 12.9. The Morgan fingerprint density at radius 2 is 1.93 bits per heavy atom. The molecule has 1 aliphatic carbocycles. The number of carbonyl (C=O) groups excluding carboxylic acids is 1. The van der Waals surface area contributed by atoms with E-state index in [0.717, 1.165) is 31.4 Å². The van der Waals surface area contributed by atoms with Crippen molar-refractivity contribution in [2.75, 3.05) is 25.4 Å². The van der Waals surface area contributed by atoms with Crippen molar-refractivity contribution in [2.24, 2.45) is 5.73 Å². The summed E-state index contributed by atoms with van der Waals surface area (Å²) in [5.41, 5.74) is 5.75. The van der Waals surface area contributed by atoms with E-state index in [4.69, 9.17) is 10.3 Å². The van der Waals surface area contributed by atoms with Crippen molar-refractivity contribution in [1.29, 1.82) is 0 Å². The summed E-state index contributed by atoms with van der Waals surface area (Å²) in [6.07, 6.45) is 5.79. The number of hydrogen-bond acceptors (Lipinski definition) is 7. The van der Waals surface area contributed by atoms with Crippen molar-refractivity contribution < 1.29 is 17.7 Å². The van der Waals surface area contributed by atoms with Crippen LogP contribution in [-0.2, 0) is 10.0 Å². The Labute approximate surface area is 171 Å². The first-order valence-corrected chi connectivity index (χ1v) is 12.3. The highest BCUT2D eigenvalue weighted by molar-refractivity contribution is 7.89. The number of hydrogen-bond donors (Lipinski definition) is 3. The van der Waals surface area contributed by atoms with E-state index >= 15 is 0 Å². The quantitative estimate of drug-likeness (QED) is 0.467. The van der Waals surface area contributed by atoms with Crippen LogP contribution in [0.3, 0.4) is 0 Å². The zero-order valence-corrected chi connectivity index (χ0v) is 17.5. The van der Waals surface area contributed by atoms with Crippen LogP contribution in [0, 0.1) is 0 Å². The van der Waals surface area contributed by atoms with Crippen LogP contribution in [0.25, 0.3) is 0 Å². The minimum atomic E-state index is -3.29. The smallest absolute Gasteiger partial charge is 0.273 e. The minimum Gasteiger partial charge on any atom is -0.360 e. The number of amides is 1. The molecule has 9 nitrogen and oxygen atoms in total. The number of piperidine rings is 1. The Morgan fingerprint density at radius 1 is 1.21 bits per heavy atom. The molecule has 1 aromatic heterocycles. The van der Waals surface area contributed by atoms with Gasteiger partial charge in [0.25, 0.3) is 5.91 Å². The van der Waals surface area contributed by atoms with Gasteiger partial charge in [-0.05, 0) is 51.5 Å². The van der Waals surface area contributed by atoms with E-state index in [9.17, 15) is 13.2 Å². The Bertz CT molecular complexity index is 808. The van der Waals surface area contributed by atoms with Crippen molar-refractivity contribution in [1.82, 2.24) is 20.1 Å². The average molecular weight is 426 g/mol. The number of rotatable bonds is 10. The third kappa shape index (κ3) is 4.82. The number of nitrogens with zero attached hydrogens (tertiary/aromatic N) is 2. The molecule has 1 amide bonds. The first-order valence-electron chi connectivity index (χ1n) is 10.7. The molecule has 4 N–H and O–H groups in total. The summed E-state index contributed by atoms with van der Waals surface area (Å²) in [5.74, 6) is 1.13. The lowest BCUT2D eigenvalue weighted by atomic mass is 9.99. The standard InChI is InChI=1S/C19H31N5O4S/c20-6-8-21-7-1-9-29(26,27)24-15-4-5-16(24)11-14(10-15)22-19(25)17-12-18(28-23-17)13-2-3-13/h12-16,21H,1-11,20H2,(H,22,25)/t14-,15+,16-. The van der Waals surface area contributed by atoms with Crippen LogP contribution in [0.15, 0.2) is 10.6 Å². The van der Waals surface area contributed by atoms with Crippen molar-refractivity contribution in [3.05, 3.63) is 17.5 Å². The van der Waals surface area contributed by atoms with Crippen molar-refractivity contribution >= 4 is 15.9 Å². The predicted octanol–water partition coefficient (Wildman–Crippen LogP) is 0.545. The van der Waals surface area contributed by atoms with E-state index in [1.807, 2.05) is 0 Å². The lowest BCUT2D eigenvalue weighted by Gasteiger charge is -2.38. The number of carbonyl (C=O) groups is 1. The average Bonchev–Trinajstić information content (AvgIpc) is 3.34. The molecule has 3 heterocycles. The van der Waals surface area contributed by atoms with Gasteiger partial charge in [-0.15, -0.1) is 0 Å². The number of nitrogens with two attached hydrogens (primary N) is 1. The lowest BCUT2D eigenvalue weighted by molar-refractivity contribution is 0.0900. The van der Waals surface area contributed by atoms with E-state index in [0.29, 0.717) is 50.5 Å². The van der Waals surface area contributed by atoms with E-state index in [2.05, 4.69) is 15.8 Å². The van der Waals surface area contributed by atoms with Crippen LogP contribution < -0.4 is 16.4 Å². The number of nitrogens with one attached hydrogen (secondary N) is 2. The van der Waals surface area contributed by atoms with Gasteiger partial charge in [-0.1, -0.05) is 5.16 Å². The summed E-state index contributed by atoms with van der Waals surface area (Å²) in [4.78, 5) is 12.5. The summed E-state index contributed by atoms with van der Waals surface area (Å²) in [7, 11) is -3.29. The van der Waals surface area contributed by atoms with E-state index in [-0.39, 0.29) is 29.8 Å².